The van der Waals surface area contributed by atoms with Gasteiger partial charge in [0.1, 0.15) is 12.2 Å². The summed E-state index contributed by atoms with van der Waals surface area (Å²) in [5, 5.41) is 16.7. The van der Waals surface area contributed by atoms with Gasteiger partial charge in [-0.15, -0.1) is 0 Å². The average molecular weight is 268 g/mol. The van der Waals surface area contributed by atoms with Gasteiger partial charge in [-0.1, -0.05) is 0 Å². The molecule has 0 aliphatic carbocycles. The number of hydrogen-bond donors (Lipinski definition) is 2. The summed E-state index contributed by atoms with van der Waals surface area (Å²) in [5.41, 5.74) is -1.44. The molecule has 0 bridgehead atoms. The second-order valence-corrected chi connectivity index (χ2v) is 6.12. The molecule has 0 aromatic carbocycles. The molecule has 0 aliphatic heterocycles. The van der Waals surface area contributed by atoms with Crippen molar-refractivity contribution in [3.8, 4) is 0 Å². The number of aromatic nitrogens is 3. The van der Waals surface area contributed by atoms with Crippen LogP contribution in [0.2, 0.25) is 0 Å². The van der Waals surface area contributed by atoms with Gasteiger partial charge < -0.3 is 10.4 Å². The molecule has 1 heterocycles. The van der Waals surface area contributed by atoms with Crippen LogP contribution in [0.3, 0.4) is 0 Å². The molecule has 0 atom stereocenters. The van der Waals surface area contributed by atoms with Crippen molar-refractivity contribution < 1.29 is 9.90 Å². The number of nitrogens with zero attached hydrogens (tertiary/aromatic N) is 3. The number of hydrogen-bond acceptors (Lipinski definition) is 4. The normalized spacial score (nSPS) is 13.0. The first-order valence-electron chi connectivity index (χ1n) is 6.46. The second-order valence-electron chi connectivity index (χ2n) is 6.12. The van der Waals surface area contributed by atoms with Gasteiger partial charge in [0, 0.05) is 11.6 Å². The lowest BCUT2D eigenvalue weighted by Crippen LogP contribution is -2.54. The van der Waals surface area contributed by atoms with Crippen LogP contribution >= 0.6 is 0 Å². The quantitative estimate of drug-likeness (QED) is 0.823. The fraction of sp³-hybridized carbons (Fsp3) is 0.769. The van der Waals surface area contributed by atoms with E-state index in [-0.39, 0.29) is 6.04 Å². The number of aliphatic carboxylic acids is 1. The third-order valence-corrected chi connectivity index (χ3v) is 3.92. The highest BCUT2D eigenvalue weighted by Gasteiger charge is 2.43. The highest BCUT2D eigenvalue weighted by Crippen LogP contribution is 2.30. The minimum atomic E-state index is -0.879. The summed E-state index contributed by atoms with van der Waals surface area (Å²) < 4.78 is 1.83. The summed E-state index contributed by atoms with van der Waals surface area (Å²) in [6.07, 6.45) is 1.52. The molecule has 0 amide bonds. The van der Waals surface area contributed by atoms with E-state index in [0.717, 1.165) is 5.82 Å². The van der Waals surface area contributed by atoms with Crippen molar-refractivity contribution in [2.45, 2.75) is 59.7 Å². The average Bonchev–Trinajstić information content (AvgIpc) is 2.74. The predicted molar refractivity (Wildman–Crippen MR) is 72.7 cm³/mol. The zero-order valence-electron chi connectivity index (χ0n) is 12.6. The predicted octanol–water partition coefficient (Wildman–Crippen LogP) is 1.84. The Morgan fingerprint density at radius 1 is 1.42 bits per heavy atom. The van der Waals surface area contributed by atoms with Gasteiger partial charge in [0.15, 0.2) is 0 Å². The lowest BCUT2D eigenvalue weighted by molar-refractivity contribution is -0.151. The molecule has 0 fully saturated rings. The Kier molecular flexibility index (Phi) is 4.35. The van der Waals surface area contributed by atoms with E-state index in [2.05, 4.69) is 15.4 Å². The van der Waals surface area contributed by atoms with Crippen molar-refractivity contribution >= 4 is 5.97 Å². The summed E-state index contributed by atoms with van der Waals surface area (Å²) in [6.45, 7) is 11.8. The van der Waals surface area contributed by atoms with Crippen molar-refractivity contribution in [2.24, 2.45) is 5.41 Å². The Bertz CT molecular complexity index is 449. The van der Waals surface area contributed by atoms with E-state index in [9.17, 15) is 9.90 Å². The number of carboxylic acids is 1. The first-order valence-corrected chi connectivity index (χ1v) is 6.46. The summed E-state index contributed by atoms with van der Waals surface area (Å²) in [7, 11) is 0. The molecule has 0 radical (unpaired) electrons. The first kappa shape index (κ1) is 15.6. The van der Waals surface area contributed by atoms with Crippen molar-refractivity contribution in [3.05, 3.63) is 12.2 Å². The molecular formula is C13H24N4O2. The van der Waals surface area contributed by atoms with Crippen LogP contribution in [-0.2, 0) is 11.3 Å². The van der Waals surface area contributed by atoms with Gasteiger partial charge in [0.2, 0.25) is 0 Å². The maximum atomic E-state index is 11.3. The summed E-state index contributed by atoms with van der Waals surface area (Å²) in [6, 6.07) is 0.231. The van der Waals surface area contributed by atoms with Crippen LogP contribution in [0.5, 0.6) is 0 Å². The van der Waals surface area contributed by atoms with Gasteiger partial charge in [0.05, 0.1) is 12.0 Å². The highest BCUT2D eigenvalue weighted by molar-refractivity contribution is 5.75. The van der Waals surface area contributed by atoms with E-state index in [1.165, 1.54) is 6.33 Å². The fourth-order valence-corrected chi connectivity index (χ4v) is 1.62. The standard InChI is InChI=1S/C13H24N4O2/c1-9(2)17-10(14-8-16-17)7-15-13(5,6)12(3,4)11(18)19/h8-9,15H,7H2,1-6H3,(H,18,19). The molecule has 6 heteroatoms. The minimum Gasteiger partial charge on any atom is -0.481 e. The molecule has 0 unspecified atom stereocenters. The van der Waals surface area contributed by atoms with Gasteiger partial charge in [-0.2, -0.15) is 5.10 Å². The lowest BCUT2D eigenvalue weighted by atomic mass is 9.74. The van der Waals surface area contributed by atoms with Crippen LogP contribution < -0.4 is 5.32 Å². The van der Waals surface area contributed by atoms with Gasteiger partial charge >= 0.3 is 5.97 Å². The maximum Gasteiger partial charge on any atom is 0.310 e. The number of rotatable bonds is 6. The van der Waals surface area contributed by atoms with E-state index in [4.69, 9.17) is 0 Å². The minimum absolute atomic E-state index is 0.231. The van der Waals surface area contributed by atoms with Crippen LogP contribution in [0.4, 0.5) is 0 Å². The Hall–Kier alpha value is -1.43. The van der Waals surface area contributed by atoms with Crippen LogP contribution in [0, 0.1) is 5.41 Å². The van der Waals surface area contributed by atoms with E-state index in [1.54, 1.807) is 13.8 Å². The van der Waals surface area contributed by atoms with Crippen molar-refractivity contribution in [1.29, 1.82) is 0 Å². The molecular weight excluding hydrogens is 244 g/mol. The molecule has 0 spiro atoms. The lowest BCUT2D eigenvalue weighted by Gasteiger charge is -2.39. The van der Waals surface area contributed by atoms with E-state index in [0.29, 0.717) is 6.54 Å². The largest absolute Gasteiger partial charge is 0.481 e. The van der Waals surface area contributed by atoms with Crippen molar-refractivity contribution in [2.75, 3.05) is 0 Å². The van der Waals surface area contributed by atoms with E-state index < -0.39 is 16.9 Å². The molecule has 6 nitrogen and oxygen atoms in total. The first-order chi connectivity index (χ1) is 8.59. The van der Waals surface area contributed by atoms with Crippen molar-refractivity contribution in [3.63, 3.8) is 0 Å². The summed E-state index contributed by atoms with van der Waals surface area (Å²) in [5.74, 6) is -0.0143. The molecule has 108 valence electrons. The Morgan fingerprint density at radius 2 is 2.00 bits per heavy atom. The Morgan fingerprint density at radius 3 is 2.47 bits per heavy atom. The molecule has 0 saturated heterocycles. The monoisotopic (exact) mass is 268 g/mol. The van der Waals surface area contributed by atoms with Gasteiger partial charge in [0.25, 0.3) is 0 Å². The smallest absolute Gasteiger partial charge is 0.310 e. The molecule has 1 aromatic heterocycles. The molecule has 19 heavy (non-hydrogen) atoms. The number of nitrogens with one attached hydrogen (secondary N) is 1. The van der Waals surface area contributed by atoms with Crippen LogP contribution in [-0.4, -0.2) is 31.4 Å². The zero-order chi connectivity index (χ0) is 14.8. The van der Waals surface area contributed by atoms with E-state index >= 15 is 0 Å². The number of carbonyl (C=O) groups is 1. The van der Waals surface area contributed by atoms with Gasteiger partial charge in [-0.3, -0.25) is 4.79 Å². The molecule has 0 saturated carbocycles. The van der Waals surface area contributed by atoms with E-state index in [1.807, 2.05) is 32.4 Å². The Labute approximate surface area is 114 Å². The van der Waals surface area contributed by atoms with Crippen molar-refractivity contribution in [1.82, 2.24) is 20.1 Å². The molecule has 1 rings (SSSR count). The fourth-order valence-electron chi connectivity index (χ4n) is 1.62. The number of carboxylic acid groups (broad SMARTS) is 1. The molecule has 1 aromatic rings. The topological polar surface area (TPSA) is 80.0 Å². The maximum absolute atomic E-state index is 11.3. The summed E-state index contributed by atoms with van der Waals surface area (Å²) in [4.78, 5) is 15.5. The molecule has 2 N–H and O–H groups in total. The zero-order valence-corrected chi connectivity index (χ0v) is 12.6. The van der Waals surface area contributed by atoms with Gasteiger partial charge in [-0.05, 0) is 41.5 Å². The second kappa shape index (κ2) is 5.28. The third kappa shape index (κ3) is 3.12. The van der Waals surface area contributed by atoms with Crippen LogP contribution in [0.25, 0.3) is 0 Å². The highest BCUT2D eigenvalue weighted by atomic mass is 16.4. The molecule has 0 aliphatic rings. The third-order valence-electron chi connectivity index (χ3n) is 3.92. The summed E-state index contributed by atoms with van der Waals surface area (Å²) >= 11 is 0. The van der Waals surface area contributed by atoms with Gasteiger partial charge in [-0.25, -0.2) is 9.67 Å². The SMILES string of the molecule is CC(C)n1ncnc1CNC(C)(C)C(C)(C)C(=O)O. The van der Waals surface area contributed by atoms with Crippen LogP contribution in [0.15, 0.2) is 6.33 Å². The Balaban J connectivity index is 2.81. The van der Waals surface area contributed by atoms with Crippen LogP contribution in [0.1, 0.15) is 53.4 Å².